The molecule has 5 N–H and O–H groups in total. The van der Waals surface area contributed by atoms with Gasteiger partial charge < -0.3 is 24.6 Å². The molecular formula is C20H27N4O12P. The van der Waals surface area contributed by atoms with Gasteiger partial charge in [-0.2, -0.15) is 0 Å². The number of H-pyrrole nitrogens is 2. The van der Waals surface area contributed by atoms with Gasteiger partial charge in [0.25, 0.3) is 11.1 Å². The van der Waals surface area contributed by atoms with Crippen molar-refractivity contribution >= 4 is 7.82 Å². The third-order valence-electron chi connectivity index (χ3n) is 6.15. The Labute approximate surface area is 207 Å². The molecule has 2 unspecified atom stereocenters. The van der Waals surface area contributed by atoms with Crippen molar-refractivity contribution in [3.05, 3.63) is 65.2 Å². The van der Waals surface area contributed by atoms with E-state index in [2.05, 4.69) is 9.97 Å². The molecule has 0 aliphatic carbocycles. The zero-order chi connectivity index (χ0) is 27.1. The first kappa shape index (κ1) is 27.3. The number of hydrogen-bond donors (Lipinski definition) is 5. The van der Waals surface area contributed by atoms with Crippen LogP contribution in [0.15, 0.2) is 31.6 Å². The molecule has 4 rings (SSSR count). The summed E-state index contributed by atoms with van der Waals surface area (Å²) in [6, 6.07) is 0. The van der Waals surface area contributed by atoms with Crippen LogP contribution in [0.2, 0.25) is 0 Å². The normalized spacial score (nSPS) is 29.4. The zero-order valence-corrected chi connectivity index (χ0v) is 20.7. The monoisotopic (exact) mass is 546 g/mol. The van der Waals surface area contributed by atoms with E-state index < -0.39 is 80.4 Å². The van der Waals surface area contributed by atoms with E-state index in [1.54, 1.807) is 0 Å². The quantitative estimate of drug-likeness (QED) is 0.230. The Bertz CT molecular complexity index is 1430. The molecular weight excluding hydrogens is 519 g/mol. The molecule has 2 aromatic rings. The number of aromatic amines is 2. The predicted molar refractivity (Wildman–Crippen MR) is 123 cm³/mol. The number of phosphoric acid groups is 1. The second kappa shape index (κ2) is 10.6. The molecule has 2 aromatic heterocycles. The van der Waals surface area contributed by atoms with Gasteiger partial charge in [0.2, 0.25) is 0 Å². The maximum atomic E-state index is 12.6. The summed E-state index contributed by atoms with van der Waals surface area (Å²) in [7, 11) is -4.78. The zero-order valence-electron chi connectivity index (χ0n) is 19.8. The Kier molecular flexibility index (Phi) is 7.83. The van der Waals surface area contributed by atoms with Crippen molar-refractivity contribution in [3.63, 3.8) is 0 Å². The first-order chi connectivity index (χ1) is 17.4. The Morgan fingerprint density at radius 2 is 1.49 bits per heavy atom. The second-order valence-electron chi connectivity index (χ2n) is 8.85. The smallest absolute Gasteiger partial charge is 0.394 e. The van der Waals surface area contributed by atoms with E-state index >= 15 is 0 Å². The van der Waals surface area contributed by atoms with Crippen LogP contribution in [-0.2, 0) is 23.1 Å². The van der Waals surface area contributed by atoms with Gasteiger partial charge in [0.1, 0.15) is 30.8 Å². The molecule has 204 valence electrons. The van der Waals surface area contributed by atoms with Gasteiger partial charge in [-0.1, -0.05) is 0 Å². The van der Waals surface area contributed by atoms with Gasteiger partial charge in [0.05, 0.1) is 19.3 Å². The highest BCUT2D eigenvalue weighted by molar-refractivity contribution is 7.47. The summed E-state index contributed by atoms with van der Waals surface area (Å²) in [6.07, 6.45) is -4.07. The molecule has 0 radical (unpaired) electrons. The second-order valence-corrected chi connectivity index (χ2v) is 10.3. The summed E-state index contributed by atoms with van der Waals surface area (Å²) in [5, 5.41) is 19.9. The van der Waals surface area contributed by atoms with Gasteiger partial charge in [-0.3, -0.25) is 37.7 Å². The van der Waals surface area contributed by atoms with Gasteiger partial charge in [-0.15, -0.1) is 0 Å². The average molecular weight is 546 g/mol. The lowest BCUT2D eigenvalue weighted by molar-refractivity contribution is -0.0576. The number of nitrogens with one attached hydrogen (secondary N) is 2. The number of aryl methyl sites for hydroxylation is 2. The summed E-state index contributed by atoms with van der Waals surface area (Å²) >= 11 is 0. The predicted octanol–water partition coefficient (Wildman–Crippen LogP) is -1.87. The van der Waals surface area contributed by atoms with E-state index in [0.717, 1.165) is 9.13 Å². The average Bonchev–Trinajstić information content (AvgIpc) is 3.39. The molecule has 4 heterocycles. The molecule has 2 saturated heterocycles. The van der Waals surface area contributed by atoms with Crippen molar-refractivity contribution in [3.8, 4) is 0 Å². The van der Waals surface area contributed by atoms with Crippen molar-refractivity contribution < 1.29 is 38.2 Å². The summed E-state index contributed by atoms with van der Waals surface area (Å²) in [4.78, 5) is 61.9. The molecule has 0 spiro atoms. The van der Waals surface area contributed by atoms with E-state index in [1.165, 1.54) is 26.2 Å². The van der Waals surface area contributed by atoms with E-state index in [1.807, 2.05) is 0 Å². The van der Waals surface area contributed by atoms with Crippen molar-refractivity contribution in [1.82, 2.24) is 19.1 Å². The molecule has 0 saturated carbocycles. The first-order valence-electron chi connectivity index (χ1n) is 11.3. The number of nitrogens with zero attached hydrogens (tertiary/aromatic N) is 2. The molecule has 0 amide bonds. The topological polar surface area (TPSA) is 224 Å². The van der Waals surface area contributed by atoms with Crippen LogP contribution < -0.4 is 22.5 Å². The molecule has 16 nitrogen and oxygen atoms in total. The van der Waals surface area contributed by atoms with Crippen LogP contribution in [0, 0.1) is 13.8 Å². The number of aliphatic hydroxyl groups excluding tert-OH is 2. The molecule has 17 heteroatoms. The highest BCUT2D eigenvalue weighted by Crippen LogP contribution is 2.48. The fourth-order valence-electron chi connectivity index (χ4n) is 4.15. The van der Waals surface area contributed by atoms with Gasteiger partial charge in [0.15, 0.2) is 0 Å². The van der Waals surface area contributed by atoms with Crippen molar-refractivity contribution in [2.75, 3.05) is 13.2 Å². The summed E-state index contributed by atoms with van der Waals surface area (Å²) in [5.74, 6) is 0. The lowest BCUT2D eigenvalue weighted by atomic mass is 10.2. The Balaban J connectivity index is 1.39. The maximum absolute atomic E-state index is 12.6. The fourth-order valence-corrected chi connectivity index (χ4v) is 5.11. The number of aliphatic hydroxyl groups is 2. The van der Waals surface area contributed by atoms with Crippen molar-refractivity contribution in [2.45, 2.75) is 63.6 Å². The largest absolute Gasteiger partial charge is 0.472 e. The first-order valence-corrected chi connectivity index (χ1v) is 12.8. The molecule has 0 aromatic carbocycles. The number of rotatable bonds is 8. The fraction of sp³-hybridized carbons (Fsp3) is 0.600. The minimum Gasteiger partial charge on any atom is -0.394 e. The lowest BCUT2D eigenvalue weighted by Gasteiger charge is -2.22. The minimum absolute atomic E-state index is 0.0475. The molecule has 7 atom stereocenters. The Morgan fingerprint density at radius 1 is 0.973 bits per heavy atom. The van der Waals surface area contributed by atoms with Crippen LogP contribution in [0.1, 0.15) is 36.4 Å². The SMILES string of the molecule is Cc1cn([C@H]2C[C@H](O)C(COP(=O)(O)O[C@H]3C[C@H](n4cc(C)c(=O)[nH]c4=O)O[C@@H]3CO)O2)c(=O)[nH]c1=O. The van der Waals surface area contributed by atoms with E-state index in [0.29, 0.717) is 0 Å². The number of ether oxygens (including phenoxy) is 2. The van der Waals surface area contributed by atoms with E-state index in [9.17, 15) is 38.8 Å². The maximum Gasteiger partial charge on any atom is 0.472 e. The van der Waals surface area contributed by atoms with Crippen LogP contribution in [0.25, 0.3) is 0 Å². The lowest BCUT2D eigenvalue weighted by Crippen LogP contribution is -2.33. The van der Waals surface area contributed by atoms with Crippen LogP contribution in [0.3, 0.4) is 0 Å². The number of hydrogen-bond acceptors (Lipinski definition) is 11. The molecule has 2 fully saturated rings. The van der Waals surface area contributed by atoms with Crippen LogP contribution in [-0.4, -0.2) is 71.8 Å². The summed E-state index contributed by atoms with van der Waals surface area (Å²) in [6.45, 7) is 1.79. The van der Waals surface area contributed by atoms with Gasteiger partial charge >= 0.3 is 19.2 Å². The molecule has 0 bridgehead atoms. The van der Waals surface area contributed by atoms with Gasteiger partial charge in [-0.25, -0.2) is 14.2 Å². The van der Waals surface area contributed by atoms with Crippen molar-refractivity contribution in [1.29, 1.82) is 0 Å². The number of aromatic nitrogens is 4. The third-order valence-corrected chi connectivity index (χ3v) is 7.16. The summed E-state index contributed by atoms with van der Waals surface area (Å²) < 4.78 is 36.2. The van der Waals surface area contributed by atoms with Crippen LogP contribution in [0.4, 0.5) is 0 Å². The minimum atomic E-state index is -4.78. The molecule has 2 aliphatic rings. The highest BCUT2D eigenvalue weighted by atomic mass is 31.2. The standard InChI is InChI=1S/C20H27N4O12P/c1-9-5-23(19(29)21-17(9)27)15-3-11(26)14(35-15)8-33-37(31,32)36-12-4-16(34-13(12)7-25)24-6-10(2)18(28)22-20(24)30/h5-6,11-16,25-26H,3-4,7-8H2,1-2H3,(H,31,32)(H,21,27,29)(H,22,28,30)/t11-,12-,13+,14?,15+,16+/m0/s1. The van der Waals surface area contributed by atoms with Crippen molar-refractivity contribution in [2.24, 2.45) is 0 Å². The van der Waals surface area contributed by atoms with E-state index in [4.69, 9.17) is 18.5 Å². The highest BCUT2D eigenvalue weighted by Gasteiger charge is 2.43. The van der Waals surface area contributed by atoms with E-state index in [-0.39, 0.29) is 24.0 Å². The summed E-state index contributed by atoms with van der Waals surface area (Å²) in [5.41, 5.74) is -2.15. The third kappa shape index (κ3) is 5.91. The van der Waals surface area contributed by atoms with Gasteiger partial charge in [-0.05, 0) is 13.8 Å². The number of phosphoric ester groups is 1. The Morgan fingerprint density at radius 3 is 2.03 bits per heavy atom. The van der Waals surface area contributed by atoms with Crippen LogP contribution in [0.5, 0.6) is 0 Å². The van der Waals surface area contributed by atoms with Crippen LogP contribution >= 0.6 is 7.82 Å². The Hall–Kier alpha value is -2.69. The van der Waals surface area contributed by atoms with Gasteiger partial charge in [0, 0.05) is 36.4 Å². The molecule has 2 aliphatic heterocycles. The molecule has 37 heavy (non-hydrogen) atoms.